The summed E-state index contributed by atoms with van der Waals surface area (Å²) in [5.41, 5.74) is 1.16. The molecule has 0 unspecified atom stereocenters. The van der Waals surface area contributed by atoms with Crippen molar-refractivity contribution >= 4 is 17.3 Å². The van der Waals surface area contributed by atoms with Crippen LogP contribution in [0, 0.1) is 0 Å². The number of nitrogens with one attached hydrogen (secondary N) is 1. The molecule has 1 aromatic rings. The molecule has 0 aromatic heterocycles. The molecule has 5 nitrogen and oxygen atoms in total. The standard InChI is InChI=1S/C14H20N2O3/c1-14(2)13(17)16(9-12(18-3)19-4)11-8-6-5-7-10(11)15-14/h5-8,12,15H,9H2,1-4H3. The number of hydrogen-bond donors (Lipinski definition) is 1. The molecule has 1 heterocycles. The monoisotopic (exact) mass is 264 g/mol. The number of amides is 1. The van der Waals surface area contributed by atoms with Gasteiger partial charge in [-0.3, -0.25) is 4.79 Å². The summed E-state index contributed by atoms with van der Waals surface area (Å²) >= 11 is 0. The maximum absolute atomic E-state index is 12.5. The highest BCUT2D eigenvalue weighted by Gasteiger charge is 2.39. The lowest BCUT2D eigenvalue weighted by Crippen LogP contribution is -2.55. The minimum Gasteiger partial charge on any atom is -0.370 e. The second kappa shape index (κ2) is 5.19. The molecule has 1 amide bonds. The number of anilines is 2. The minimum absolute atomic E-state index is 0.00491. The van der Waals surface area contributed by atoms with E-state index < -0.39 is 11.8 Å². The number of nitrogens with zero attached hydrogens (tertiary/aromatic N) is 1. The molecular formula is C14H20N2O3. The van der Waals surface area contributed by atoms with Crippen molar-refractivity contribution < 1.29 is 14.3 Å². The van der Waals surface area contributed by atoms with Gasteiger partial charge in [0.2, 0.25) is 0 Å². The van der Waals surface area contributed by atoms with Crippen LogP contribution >= 0.6 is 0 Å². The molecule has 0 bridgehead atoms. The molecule has 1 aliphatic heterocycles. The van der Waals surface area contributed by atoms with Gasteiger partial charge in [0.1, 0.15) is 5.54 Å². The molecule has 1 aromatic carbocycles. The van der Waals surface area contributed by atoms with Gasteiger partial charge in [0.25, 0.3) is 5.91 Å². The molecule has 0 atom stereocenters. The highest BCUT2D eigenvalue weighted by atomic mass is 16.7. The quantitative estimate of drug-likeness (QED) is 0.843. The summed E-state index contributed by atoms with van der Waals surface area (Å²) in [6.45, 7) is 4.10. The van der Waals surface area contributed by atoms with Crippen LogP contribution in [0.2, 0.25) is 0 Å². The SMILES string of the molecule is COC(CN1C(=O)C(C)(C)Nc2ccccc21)OC. The highest BCUT2D eigenvalue weighted by molar-refractivity contribution is 6.07. The van der Waals surface area contributed by atoms with Gasteiger partial charge in [-0.15, -0.1) is 0 Å². The van der Waals surface area contributed by atoms with E-state index in [-0.39, 0.29) is 5.91 Å². The number of fused-ring (bicyclic) bond motifs is 1. The van der Waals surface area contributed by atoms with Crippen LogP contribution in [0.25, 0.3) is 0 Å². The molecule has 0 radical (unpaired) electrons. The number of methoxy groups -OCH3 is 2. The van der Waals surface area contributed by atoms with Gasteiger partial charge in [-0.2, -0.15) is 0 Å². The topological polar surface area (TPSA) is 50.8 Å². The Balaban J connectivity index is 2.37. The van der Waals surface area contributed by atoms with Crippen LogP contribution in [-0.4, -0.2) is 38.5 Å². The maximum atomic E-state index is 12.5. The Bertz CT molecular complexity index is 470. The molecule has 1 aliphatic rings. The third kappa shape index (κ3) is 2.57. The van der Waals surface area contributed by atoms with E-state index in [0.717, 1.165) is 11.4 Å². The number of carbonyl (C=O) groups is 1. The fourth-order valence-electron chi connectivity index (χ4n) is 2.23. The number of hydrogen-bond acceptors (Lipinski definition) is 4. The molecule has 104 valence electrons. The molecular weight excluding hydrogens is 244 g/mol. The Hall–Kier alpha value is -1.59. The lowest BCUT2D eigenvalue weighted by Gasteiger charge is -2.40. The Kier molecular flexibility index (Phi) is 3.78. The first-order chi connectivity index (χ1) is 8.99. The molecule has 0 fully saturated rings. The first-order valence-corrected chi connectivity index (χ1v) is 6.24. The van der Waals surface area contributed by atoms with Crippen molar-refractivity contribution in [2.45, 2.75) is 25.7 Å². The normalized spacial score (nSPS) is 17.3. The van der Waals surface area contributed by atoms with E-state index in [9.17, 15) is 4.79 Å². The van der Waals surface area contributed by atoms with E-state index in [1.165, 1.54) is 0 Å². The lowest BCUT2D eigenvalue weighted by atomic mass is 9.98. The first kappa shape index (κ1) is 13.8. The number of rotatable bonds is 4. The third-order valence-electron chi connectivity index (χ3n) is 3.28. The summed E-state index contributed by atoms with van der Waals surface area (Å²) in [6.07, 6.45) is -0.439. The molecule has 0 saturated carbocycles. The van der Waals surface area contributed by atoms with E-state index in [2.05, 4.69) is 5.32 Å². The summed E-state index contributed by atoms with van der Waals surface area (Å²) < 4.78 is 10.4. The van der Waals surface area contributed by atoms with Gasteiger partial charge in [0.05, 0.1) is 17.9 Å². The van der Waals surface area contributed by atoms with Crippen molar-refractivity contribution in [3.8, 4) is 0 Å². The molecule has 0 saturated heterocycles. The van der Waals surface area contributed by atoms with Crippen molar-refractivity contribution in [2.75, 3.05) is 31.0 Å². The van der Waals surface area contributed by atoms with Crippen LogP contribution < -0.4 is 10.2 Å². The fraction of sp³-hybridized carbons (Fsp3) is 0.500. The summed E-state index contributed by atoms with van der Waals surface area (Å²) in [6, 6.07) is 7.73. The van der Waals surface area contributed by atoms with Crippen LogP contribution in [0.5, 0.6) is 0 Å². The zero-order valence-electron chi connectivity index (χ0n) is 11.8. The van der Waals surface area contributed by atoms with Crippen molar-refractivity contribution in [2.24, 2.45) is 0 Å². The van der Waals surface area contributed by atoms with Crippen molar-refractivity contribution in [3.63, 3.8) is 0 Å². The Labute approximate surface area is 113 Å². The Morgan fingerprint density at radius 3 is 2.53 bits per heavy atom. The van der Waals surface area contributed by atoms with Gasteiger partial charge in [0, 0.05) is 14.2 Å². The van der Waals surface area contributed by atoms with Crippen LogP contribution in [0.4, 0.5) is 11.4 Å². The van der Waals surface area contributed by atoms with Gasteiger partial charge >= 0.3 is 0 Å². The zero-order valence-corrected chi connectivity index (χ0v) is 11.8. The number of ether oxygens (including phenoxy) is 2. The molecule has 1 N–H and O–H groups in total. The Morgan fingerprint density at radius 1 is 1.26 bits per heavy atom. The maximum Gasteiger partial charge on any atom is 0.252 e. The Morgan fingerprint density at radius 2 is 1.89 bits per heavy atom. The van der Waals surface area contributed by atoms with Crippen LogP contribution in [0.15, 0.2) is 24.3 Å². The second-order valence-electron chi connectivity index (χ2n) is 5.08. The van der Waals surface area contributed by atoms with E-state index in [4.69, 9.17) is 9.47 Å². The average Bonchev–Trinajstić information content (AvgIpc) is 2.39. The summed E-state index contributed by atoms with van der Waals surface area (Å²) in [4.78, 5) is 14.2. The minimum atomic E-state index is -0.639. The van der Waals surface area contributed by atoms with Crippen LogP contribution in [-0.2, 0) is 14.3 Å². The average molecular weight is 264 g/mol. The van der Waals surface area contributed by atoms with Crippen molar-refractivity contribution in [3.05, 3.63) is 24.3 Å². The second-order valence-corrected chi connectivity index (χ2v) is 5.08. The summed E-state index contributed by atoms with van der Waals surface area (Å²) in [7, 11) is 3.13. The number of benzene rings is 1. The third-order valence-corrected chi connectivity index (χ3v) is 3.28. The molecule has 0 aliphatic carbocycles. The van der Waals surface area contributed by atoms with Crippen LogP contribution in [0.1, 0.15) is 13.8 Å². The van der Waals surface area contributed by atoms with E-state index in [1.807, 2.05) is 38.1 Å². The summed E-state index contributed by atoms with van der Waals surface area (Å²) in [5.74, 6) is 0.00491. The lowest BCUT2D eigenvalue weighted by molar-refractivity contribution is -0.126. The van der Waals surface area contributed by atoms with Crippen molar-refractivity contribution in [1.29, 1.82) is 0 Å². The van der Waals surface area contributed by atoms with E-state index >= 15 is 0 Å². The predicted molar refractivity (Wildman–Crippen MR) is 74.3 cm³/mol. The van der Waals surface area contributed by atoms with E-state index in [1.54, 1.807) is 19.1 Å². The van der Waals surface area contributed by atoms with Gasteiger partial charge in [-0.05, 0) is 26.0 Å². The van der Waals surface area contributed by atoms with Gasteiger partial charge in [-0.1, -0.05) is 12.1 Å². The molecule has 0 spiro atoms. The molecule has 5 heteroatoms. The number of carbonyl (C=O) groups excluding carboxylic acids is 1. The number of para-hydroxylation sites is 2. The fourth-order valence-corrected chi connectivity index (χ4v) is 2.23. The first-order valence-electron chi connectivity index (χ1n) is 6.24. The molecule has 19 heavy (non-hydrogen) atoms. The molecule has 2 rings (SSSR count). The van der Waals surface area contributed by atoms with Gasteiger partial charge in [0.15, 0.2) is 6.29 Å². The van der Waals surface area contributed by atoms with Crippen molar-refractivity contribution in [1.82, 2.24) is 0 Å². The van der Waals surface area contributed by atoms with Gasteiger partial charge in [-0.25, -0.2) is 0 Å². The highest BCUT2D eigenvalue weighted by Crippen LogP contribution is 2.35. The smallest absolute Gasteiger partial charge is 0.252 e. The van der Waals surface area contributed by atoms with Crippen LogP contribution in [0.3, 0.4) is 0 Å². The van der Waals surface area contributed by atoms with Gasteiger partial charge < -0.3 is 19.7 Å². The largest absolute Gasteiger partial charge is 0.370 e. The predicted octanol–water partition coefficient (Wildman–Crippen LogP) is 1.84. The van der Waals surface area contributed by atoms with E-state index in [0.29, 0.717) is 6.54 Å². The zero-order chi connectivity index (χ0) is 14.0. The summed E-state index contributed by atoms with van der Waals surface area (Å²) in [5, 5.41) is 3.25.